The van der Waals surface area contributed by atoms with Gasteiger partial charge >= 0.3 is 5.97 Å². The molecular formula is C14H17NO4. The average Bonchev–Trinajstić information content (AvgIpc) is 2.44. The molecule has 1 aliphatic heterocycles. The number of benzene rings is 1. The molecule has 0 saturated carbocycles. The fraction of sp³-hybridized carbons (Fsp3) is 0.429. The van der Waals surface area contributed by atoms with E-state index in [9.17, 15) is 9.59 Å². The van der Waals surface area contributed by atoms with Crippen LogP contribution in [0.2, 0.25) is 0 Å². The van der Waals surface area contributed by atoms with Crippen LogP contribution in [-0.2, 0) is 22.5 Å². The second-order valence-corrected chi connectivity index (χ2v) is 4.68. The van der Waals surface area contributed by atoms with Gasteiger partial charge in [-0.3, -0.25) is 4.79 Å². The molecule has 0 aliphatic carbocycles. The summed E-state index contributed by atoms with van der Waals surface area (Å²) in [4.78, 5) is 24.7. The van der Waals surface area contributed by atoms with E-state index in [1.165, 1.54) is 7.11 Å². The van der Waals surface area contributed by atoms with Crippen molar-refractivity contribution in [1.82, 2.24) is 4.90 Å². The highest BCUT2D eigenvalue weighted by atomic mass is 16.5. The van der Waals surface area contributed by atoms with Gasteiger partial charge in [0.25, 0.3) is 5.91 Å². The van der Waals surface area contributed by atoms with Gasteiger partial charge in [-0.15, -0.1) is 0 Å². The second-order valence-electron chi connectivity index (χ2n) is 4.68. The number of carboxylic acids is 1. The lowest BCUT2D eigenvalue weighted by atomic mass is 9.97. The molecule has 1 aromatic carbocycles. The number of carbonyl (C=O) groups is 2. The van der Waals surface area contributed by atoms with Crippen LogP contribution in [0.15, 0.2) is 18.2 Å². The SMILES string of the molecule is COC(C)C(=O)N1CCc2ccc(C(=O)O)cc2C1. The maximum atomic E-state index is 12.0. The van der Waals surface area contributed by atoms with Crippen LogP contribution in [0.1, 0.15) is 28.4 Å². The third-order valence-corrected chi connectivity index (χ3v) is 3.48. The molecule has 1 atom stereocenters. The first-order valence-electron chi connectivity index (χ1n) is 6.19. The van der Waals surface area contributed by atoms with Crippen LogP contribution >= 0.6 is 0 Å². The number of carboxylic acid groups (broad SMARTS) is 1. The zero-order valence-electron chi connectivity index (χ0n) is 11.0. The van der Waals surface area contributed by atoms with E-state index in [1.54, 1.807) is 24.0 Å². The van der Waals surface area contributed by atoms with E-state index in [-0.39, 0.29) is 11.5 Å². The summed E-state index contributed by atoms with van der Waals surface area (Å²) in [5.74, 6) is -1.01. The Labute approximate surface area is 111 Å². The summed E-state index contributed by atoms with van der Waals surface area (Å²) >= 11 is 0. The van der Waals surface area contributed by atoms with Crippen molar-refractivity contribution in [2.24, 2.45) is 0 Å². The molecule has 1 unspecified atom stereocenters. The van der Waals surface area contributed by atoms with Gasteiger partial charge in [0.15, 0.2) is 0 Å². The Bertz CT molecular complexity index is 512. The van der Waals surface area contributed by atoms with Crippen LogP contribution in [0.4, 0.5) is 0 Å². The van der Waals surface area contributed by atoms with Gasteiger partial charge in [0.2, 0.25) is 0 Å². The van der Waals surface area contributed by atoms with Crippen molar-refractivity contribution >= 4 is 11.9 Å². The first-order valence-corrected chi connectivity index (χ1v) is 6.19. The van der Waals surface area contributed by atoms with Gasteiger partial charge in [-0.2, -0.15) is 0 Å². The monoisotopic (exact) mass is 263 g/mol. The lowest BCUT2D eigenvalue weighted by Crippen LogP contribution is -2.41. The van der Waals surface area contributed by atoms with Crippen molar-refractivity contribution in [2.75, 3.05) is 13.7 Å². The minimum atomic E-state index is -0.948. The van der Waals surface area contributed by atoms with Crippen LogP contribution in [0.3, 0.4) is 0 Å². The molecule has 1 aliphatic rings. The third kappa shape index (κ3) is 2.76. The largest absolute Gasteiger partial charge is 0.478 e. The highest BCUT2D eigenvalue weighted by Crippen LogP contribution is 2.21. The predicted molar refractivity (Wildman–Crippen MR) is 69.0 cm³/mol. The molecule has 1 amide bonds. The van der Waals surface area contributed by atoms with E-state index in [0.29, 0.717) is 13.1 Å². The predicted octanol–water partition coefficient (Wildman–Crippen LogP) is 1.30. The third-order valence-electron chi connectivity index (χ3n) is 3.48. The normalized spacial score (nSPS) is 15.8. The molecule has 102 valence electrons. The highest BCUT2D eigenvalue weighted by Gasteiger charge is 2.25. The zero-order chi connectivity index (χ0) is 14.0. The Balaban J connectivity index is 2.20. The summed E-state index contributed by atoms with van der Waals surface area (Å²) in [6.45, 7) is 2.81. The van der Waals surface area contributed by atoms with Gasteiger partial charge in [-0.1, -0.05) is 6.07 Å². The van der Waals surface area contributed by atoms with Crippen molar-refractivity contribution in [3.63, 3.8) is 0 Å². The molecule has 5 nitrogen and oxygen atoms in total. The van der Waals surface area contributed by atoms with E-state index in [1.807, 2.05) is 6.07 Å². The molecular weight excluding hydrogens is 246 g/mol. The Kier molecular flexibility index (Phi) is 3.85. The number of aromatic carboxylic acids is 1. The van der Waals surface area contributed by atoms with Crippen LogP contribution in [0.25, 0.3) is 0 Å². The number of ether oxygens (including phenoxy) is 1. The Morgan fingerprint density at radius 2 is 2.11 bits per heavy atom. The van der Waals surface area contributed by atoms with Crippen LogP contribution in [0, 0.1) is 0 Å². The van der Waals surface area contributed by atoms with Gasteiger partial charge in [-0.05, 0) is 36.6 Å². The van der Waals surface area contributed by atoms with Crippen molar-refractivity contribution in [3.05, 3.63) is 34.9 Å². The maximum absolute atomic E-state index is 12.0. The second kappa shape index (κ2) is 5.40. The first-order chi connectivity index (χ1) is 9.02. The number of rotatable bonds is 3. The highest BCUT2D eigenvalue weighted by molar-refractivity contribution is 5.88. The molecule has 5 heteroatoms. The summed E-state index contributed by atoms with van der Waals surface area (Å²) in [5, 5.41) is 8.99. The summed E-state index contributed by atoms with van der Waals surface area (Å²) < 4.78 is 5.03. The van der Waals surface area contributed by atoms with Crippen LogP contribution in [0.5, 0.6) is 0 Å². The van der Waals surface area contributed by atoms with E-state index in [2.05, 4.69) is 0 Å². The Hall–Kier alpha value is -1.88. The smallest absolute Gasteiger partial charge is 0.335 e. The van der Waals surface area contributed by atoms with Gasteiger partial charge in [-0.25, -0.2) is 4.79 Å². The maximum Gasteiger partial charge on any atom is 0.335 e. The number of carbonyl (C=O) groups excluding carboxylic acids is 1. The van der Waals surface area contributed by atoms with E-state index in [4.69, 9.17) is 9.84 Å². The molecule has 0 fully saturated rings. The number of fused-ring (bicyclic) bond motifs is 1. The minimum absolute atomic E-state index is 0.0612. The van der Waals surface area contributed by atoms with Crippen molar-refractivity contribution in [3.8, 4) is 0 Å². The molecule has 0 aromatic heterocycles. The van der Waals surface area contributed by atoms with Crippen molar-refractivity contribution < 1.29 is 19.4 Å². The molecule has 1 heterocycles. The number of hydrogen-bond donors (Lipinski definition) is 1. The van der Waals surface area contributed by atoms with Crippen molar-refractivity contribution in [2.45, 2.75) is 26.0 Å². The van der Waals surface area contributed by atoms with Crippen LogP contribution in [-0.4, -0.2) is 41.6 Å². The van der Waals surface area contributed by atoms with Gasteiger partial charge in [0, 0.05) is 20.2 Å². The average molecular weight is 263 g/mol. The fourth-order valence-electron chi connectivity index (χ4n) is 2.24. The summed E-state index contributed by atoms with van der Waals surface area (Å²) in [5.41, 5.74) is 2.27. The standard InChI is InChI=1S/C14H17NO4/c1-9(19-2)13(16)15-6-5-10-3-4-11(14(17)18)7-12(10)8-15/h3-4,7,9H,5-6,8H2,1-2H3,(H,17,18). The Morgan fingerprint density at radius 1 is 1.37 bits per heavy atom. The molecule has 19 heavy (non-hydrogen) atoms. The van der Waals surface area contributed by atoms with Gasteiger partial charge in [0.1, 0.15) is 6.10 Å². The van der Waals surface area contributed by atoms with Gasteiger partial charge in [0.05, 0.1) is 5.56 Å². The Morgan fingerprint density at radius 3 is 2.74 bits per heavy atom. The van der Waals surface area contributed by atoms with E-state index in [0.717, 1.165) is 17.5 Å². The number of amides is 1. The van der Waals surface area contributed by atoms with Crippen molar-refractivity contribution in [1.29, 1.82) is 0 Å². The summed E-state index contributed by atoms with van der Waals surface area (Å²) in [6, 6.07) is 5.09. The quantitative estimate of drug-likeness (QED) is 0.892. The minimum Gasteiger partial charge on any atom is -0.478 e. The molecule has 0 radical (unpaired) electrons. The number of hydrogen-bond acceptors (Lipinski definition) is 3. The van der Waals surface area contributed by atoms with E-state index < -0.39 is 12.1 Å². The zero-order valence-corrected chi connectivity index (χ0v) is 11.0. The molecule has 1 N–H and O–H groups in total. The number of methoxy groups -OCH3 is 1. The lowest BCUT2D eigenvalue weighted by Gasteiger charge is -2.30. The molecule has 0 spiro atoms. The summed E-state index contributed by atoms with van der Waals surface area (Å²) in [6.07, 6.45) is 0.279. The molecule has 2 rings (SSSR count). The van der Waals surface area contributed by atoms with E-state index >= 15 is 0 Å². The summed E-state index contributed by atoms with van der Waals surface area (Å²) in [7, 11) is 1.50. The number of nitrogens with zero attached hydrogens (tertiary/aromatic N) is 1. The topological polar surface area (TPSA) is 66.8 Å². The van der Waals surface area contributed by atoms with Gasteiger partial charge < -0.3 is 14.7 Å². The molecule has 0 saturated heterocycles. The lowest BCUT2D eigenvalue weighted by molar-refractivity contribution is -0.141. The molecule has 0 bridgehead atoms. The van der Waals surface area contributed by atoms with Crippen LogP contribution < -0.4 is 0 Å². The first kappa shape index (κ1) is 13.5. The fourth-order valence-corrected chi connectivity index (χ4v) is 2.24. The molecule has 1 aromatic rings.